The summed E-state index contributed by atoms with van der Waals surface area (Å²) in [6.07, 6.45) is 2.76. The van der Waals surface area contributed by atoms with Crippen LogP contribution in [-0.2, 0) is 9.84 Å². The van der Waals surface area contributed by atoms with Gasteiger partial charge in [-0.2, -0.15) is 0 Å². The van der Waals surface area contributed by atoms with Crippen molar-refractivity contribution in [2.24, 2.45) is 0 Å². The van der Waals surface area contributed by atoms with Crippen molar-refractivity contribution < 1.29 is 13.3 Å². The minimum Gasteiger partial charge on any atom is -0.366 e. The lowest BCUT2D eigenvalue weighted by molar-refractivity contribution is -0.387. The molecule has 2 aromatic rings. The number of anilines is 1. The van der Waals surface area contributed by atoms with Crippen LogP contribution < -0.4 is 4.90 Å². The maximum atomic E-state index is 11.9. The number of hydrogen-bond acceptors (Lipinski definition) is 5. The number of benzene rings is 2. The molecule has 0 radical (unpaired) electrons. The summed E-state index contributed by atoms with van der Waals surface area (Å²) in [4.78, 5) is 12.6. The van der Waals surface area contributed by atoms with E-state index in [1.165, 1.54) is 11.6 Å². The molecule has 1 heterocycles. The average Bonchev–Trinajstić information content (AvgIpc) is 2.61. The van der Waals surface area contributed by atoms with Gasteiger partial charge in [0, 0.05) is 19.3 Å². The number of nitrogens with zero attached hydrogens (tertiary/aromatic N) is 2. The Labute approximate surface area is 147 Å². The number of para-hydroxylation sites is 1. The molecule has 1 aliphatic rings. The minimum atomic E-state index is -3.66. The third-order valence-electron chi connectivity index (χ3n) is 4.67. The molecule has 25 heavy (non-hydrogen) atoms. The van der Waals surface area contributed by atoms with Crippen LogP contribution in [0.2, 0.25) is 0 Å². The second-order valence-electron chi connectivity index (χ2n) is 6.33. The zero-order valence-electron chi connectivity index (χ0n) is 14.0. The Hall–Kier alpha value is -2.41. The van der Waals surface area contributed by atoms with E-state index in [0.29, 0.717) is 24.7 Å². The van der Waals surface area contributed by atoms with Gasteiger partial charge in [0.25, 0.3) is 0 Å². The summed E-state index contributed by atoms with van der Waals surface area (Å²) >= 11 is 0. The Balaban J connectivity index is 1.88. The van der Waals surface area contributed by atoms with Crippen LogP contribution in [0.3, 0.4) is 0 Å². The maximum Gasteiger partial charge on any atom is 0.311 e. The lowest BCUT2D eigenvalue weighted by Crippen LogP contribution is -2.33. The fourth-order valence-electron chi connectivity index (χ4n) is 3.43. The lowest BCUT2D eigenvalue weighted by atomic mass is 9.89. The molecular formula is C18H20N2O4S. The van der Waals surface area contributed by atoms with E-state index in [1.54, 1.807) is 12.1 Å². The quantitative estimate of drug-likeness (QED) is 0.617. The Morgan fingerprint density at radius 1 is 1.04 bits per heavy atom. The molecule has 3 rings (SSSR count). The first-order chi connectivity index (χ1) is 11.9. The van der Waals surface area contributed by atoms with Crippen LogP contribution in [0.1, 0.15) is 24.3 Å². The van der Waals surface area contributed by atoms with Gasteiger partial charge in [-0.25, -0.2) is 8.42 Å². The third kappa shape index (κ3) is 3.66. The number of hydrogen-bond donors (Lipinski definition) is 0. The molecule has 0 amide bonds. The molecular weight excluding hydrogens is 340 g/mol. The van der Waals surface area contributed by atoms with E-state index in [2.05, 4.69) is 12.1 Å². The van der Waals surface area contributed by atoms with E-state index in [4.69, 9.17) is 0 Å². The zero-order chi connectivity index (χ0) is 18.0. The molecule has 6 nitrogen and oxygen atoms in total. The van der Waals surface area contributed by atoms with Crippen molar-refractivity contribution in [2.75, 3.05) is 24.2 Å². The molecule has 0 unspecified atom stereocenters. The Morgan fingerprint density at radius 3 is 2.24 bits per heavy atom. The van der Waals surface area contributed by atoms with Gasteiger partial charge in [0.2, 0.25) is 0 Å². The lowest BCUT2D eigenvalue weighted by Gasteiger charge is -2.33. The molecule has 1 saturated heterocycles. The summed E-state index contributed by atoms with van der Waals surface area (Å²) in [6.45, 7) is 1.32. The standard InChI is InChI=1S/C18H20N2O4S/c1-25(23,24)17-9-5-8-16(18(17)20(21)22)19-12-10-15(11-13-19)14-6-3-2-4-7-14/h2-9,15H,10-13H2,1H3. The first-order valence-electron chi connectivity index (χ1n) is 8.15. The number of piperidine rings is 1. The highest BCUT2D eigenvalue weighted by Crippen LogP contribution is 2.38. The van der Waals surface area contributed by atoms with Crippen LogP contribution in [0.25, 0.3) is 0 Å². The molecule has 1 fully saturated rings. The van der Waals surface area contributed by atoms with Crippen LogP contribution >= 0.6 is 0 Å². The molecule has 0 N–H and O–H groups in total. The molecule has 0 aromatic heterocycles. The van der Waals surface area contributed by atoms with E-state index in [0.717, 1.165) is 19.1 Å². The number of nitro groups is 1. The zero-order valence-corrected chi connectivity index (χ0v) is 14.8. The van der Waals surface area contributed by atoms with Gasteiger partial charge in [0.05, 0.1) is 4.92 Å². The fourth-order valence-corrected chi connectivity index (χ4v) is 4.28. The van der Waals surface area contributed by atoms with Gasteiger partial charge in [0.1, 0.15) is 10.6 Å². The predicted octanol–water partition coefficient (Wildman–Crippen LogP) is 3.38. The van der Waals surface area contributed by atoms with Crippen molar-refractivity contribution in [3.8, 4) is 0 Å². The number of sulfone groups is 1. The monoisotopic (exact) mass is 360 g/mol. The van der Waals surface area contributed by atoms with Gasteiger partial charge in [-0.05, 0) is 36.5 Å². The van der Waals surface area contributed by atoms with Gasteiger partial charge >= 0.3 is 5.69 Å². The molecule has 0 spiro atoms. The largest absolute Gasteiger partial charge is 0.366 e. The summed E-state index contributed by atoms with van der Waals surface area (Å²) in [5.41, 5.74) is 1.35. The van der Waals surface area contributed by atoms with Crippen molar-refractivity contribution in [1.29, 1.82) is 0 Å². The van der Waals surface area contributed by atoms with E-state index >= 15 is 0 Å². The summed E-state index contributed by atoms with van der Waals surface area (Å²) < 4.78 is 23.8. The second-order valence-corrected chi connectivity index (χ2v) is 8.31. The Kier molecular flexibility index (Phi) is 4.76. The smallest absolute Gasteiger partial charge is 0.311 e. The molecule has 0 saturated carbocycles. The Morgan fingerprint density at radius 2 is 1.68 bits per heavy atom. The van der Waals surface area contributed by atoms with Crippen LogP contribution in [0.15, 0.2) is 53.4 Å². The van der Waals surface area contributed by atoms with Crippen LogP contribution in [-0.4, -0.2) is 32.7 Å². The van der Waals surface area contributed by atoms with Gasteiger partial charge in [-0.15, -0.1) is 0 Å². The van der Waals surface area contributed by atoms with Crippen molar-refractivity contribution in [1.82, 2.24) is 0 Å². The molecule has 0 aliphatic carbocycles. The summed E-state index contributed by atoms with van der Waals surface area (Å²) in [5, 5.41) is 11.5. The summed E-state index contributed by atoms with van der Waals surface area (Å²) in [6, 6.07) is 14.7. The first-order valence-corrected chi connectivity index (χ1v) is 10.0. The highest BCUT2D eigenvalue weighted by molar-refractivity contribution is 7.90. The topological polar surface area (TPSA) is 80.5 Å². The predicted molar refractivity (Wildman–Crippen MR) is 96.8 cm³/mol. The number of rotatable bonds is 4. The van der Waals surface area contributed by atoms with E-state index < -0.39 is 14.8 Å². The van der Waals surface area contributed by atoms with E-state index in [1.807, 2.05) is 23.1 Å². The van der Waals surface area contributed by atoms with Gasteiger partial charge in [-0.3, -0.25) is 10.1 Å². The fraction of sp³-hybridized carbons (Fsp3) is 0.333. The average molecular weight is 360 g/mol. The van der Waals surface area contributed by atoms with E-state index in [9.17, 15) is 18.5 Å². The SMILES string of the molecule is CS(=O)(=O)c1cccc(N2CCC(c3ccccc3)CC2)c1[N+](=O)[O-]. The van der Waals surface area contributed by atoms with Gasteiger partial charge in [-0.1, -0.05) is 36.4 Å². The molecule has 0 atom stereocenters. The summed E-state index contributed by atoms with van der Waals surface area (Å²) in [5.74, 6) is 0.426. The highest BCUT2D eigenvalue weighted by Gasteiger charge is 2.30. The molecule has 0 bridgehead atoms. The second kappa shape index (κ2) is 6.84. The first kappa shape index (κ1) is 17.4. The molecule has 7 heteroatoms. The van der Waals surface area contributed by atoms with E-state index in [-0.39, 0.29) is 10.6 Å². The van der Waals surface area contributed by atoms with Crippen LogP contribution in [0.4, 0.5) is 11.4 Å². The van der Waals surface area contributed by atoms with Crippen LogP contribution in [0.5, 0.6) is 0 Å². The third-order valence-corrected chi connectivity index (χ3v) is 5.79. The molecule has 2 aromatic carbocycles. The normalized spacial score (nSPS) is 16.0. The number of nitro benzene ring substituents is 1. The maximum absolute atomic E-state index is 11.9. The Bertz CT molecular complexity index is 873. The molecule has 1 aliphatic heterocycles. The highest BCUT2D eigenvalue weighted by atomic mass is 32.2. The van der Waals surface area contributed by atoms with Gasteiger partial charge < -0.3 is 4.90 Å². The van der Waals surface area contributed by atoms with Crippen molar-refractivity contribution in [2.45, 2.75) is 23.7 Å². The van der Waals surface area contributed by atoms with Crippen LogP contribution in [0, 0.1) is 10.1 Å². The van der Waals surface area contributed by atoms with Crippen molar-refractivity contribution in [3.63, 3.8) is 0 Å². The van der Waals surface area contributed by atoms with Crippen molar-refractivity contribution in [3.05, 3.63) is 64.2 Å². The molecule has 132 valence electrons. The van der Waals surface area contributed by atoms with Gasteiger partial charge in [0.15, 0.2) is 9.84 Å². The van der Waals surface area contributed by atoms with Crippen molar-refractivity contribution >= 4 is 21.2 Å². The summed E-state index contributed by atoms with van der Waals surface area (Å²) in [7, 11) is -3.66. The minimum absolute atomic E-state index is 0.222.